The van der Waals surface area contributed by atoms with Gasteiger partial charge in [-0.1, -0.05) is 20.8 Å². The van der Waals surface area contributed by atoms with E-state index >= 15 is 0 Å². The van der Waals surface area contributed by atoms with Crippen molar-refractivity contribution < 1.29 is 5.11 Å². The van der Waals surface area contributed by atoms with Gasteiger partial charge in [-0.25, -0.2) is 4.99 Å². The third kappa shape index (κ3) is 6.47. The SMILES string of the molecule is CCNC(=NCC(C)(O)c1cnn(C)c1)NCCC(C)(C)C. The van der Waals surface area contributed by atoms with Crippen LogP contribution in [0.5, 0.6) is 0 Å². The summed E-state index contributed by atoms with van der Waals surface area (Å²) in [6.07, 6.45) is 4.54. The summed E-state index contributed by atoms with van der Waals surface area (Å²) in [5, 5.41) is 21.2. The average molecular weight is 309 g/mol. The van der Waals surface area contributed by atoms with Crippen molar-refractivity contribution in [3.05, 3.63) is 18.0 Å². The molecule has 1 atom stereocenters. The predicted octanol–water partition coefficient (Wildman–Crippen LogP) is 1.62. The lowest BCUT2D eigenvalue weighted by molar-refractivity contribution is 0.0671. The van der Waals surface area contributed by atoms with E-state index in [0.29, 0.717) is 0 Å². The summed E-state index contributed by atoms with van der Waals surface area (Å²) in [6.45, 7) is 12.3. The van der Waals surface area contributed by atoms with Crippen LogP contribution in [0.1, 0.15) is 46.6 Å². The number of hydrogen-bond donors (Lipinski definition) is 3. The van der Waals surface area contributed by atoms with E-state index in [1.165, 1.54) is 0 Å². The molecule has 1 aromatic heterocycles. The van der Waals surface area contributed by atoms with E-state index in [1.807, 2.05) is 20.2 Å². The number of aliphatic hydroxyl groups is 1. The summed E-state index contributed by atoms with van der Waals surface area (Å²) < 4.78 is 1.68. The second kappa shape index (κ2) is 7.63. The summed E-state index contributed by atoms with van der Waals surface area (Å²) in [5.41, 5.74) is 0.0240. The normalized spacial score (nSPS) is 15.5. The van der Waals surface area contributed by atoms with Gasteiger partial charge in [0.1, 0.15) is 5.60 Å². The monoisotopic (exact) mass is 309 g/mol. The molecule has 6 heteroatoms. The Kier molecular flexibility index (Phi) is 6.41. The standard InChI is InChI=1S/C16H31N5O/c1-7-17-14(18-9-8-15(2,3)4)19-12-16(5,22)13-10-20-21(6)11-13/h10-11,22H,7-9,12H2,1-6H3,(H2,17,18,19). The molecule has 0 aromatic carbocycles. The second-order valence-corrected chi connectivity index (χ2v) is 7.11. The summed E-state index contributed by atoms with van der Waals surface area (Å²) in [4.78, 5) is 4.50. The Bertz CT molecular complexity index is 485. The Morgan fingerprint density at radius 3 is 2.50 bits per heavy atom. The van der Waals surface area contributed by atoms with Gasteiger partial charge in [0.05, 0.1) is 12.7 Å². The van der Waals surface area contributed by atoms with Crippen molar-refractivity contribution in [3.8, 4) is 0 Å². The van der Waals surface area contributed by atoms with E-state index < -0.39 is 5.60 Å². The van der Waals surface area contributed by atoms with Crippen LogP contribution >= 0.6 is 0 Å². The molecule has 1 aromatic rings. The summed E-state index contributed by atoms with van der Waals surface area (Å²) in [6, 6.07) is 0. The zero-order valence-corrected chi connectivity index (χ0v) is 14.8. The van der Waals surface area contributed by atoms with Crippen LogP contribution in [0.4, 0.5) is 0 Å². The van der Waals surface area contributed by atoms with Crippen LogP contribution in [0.2, 0.25) is 0 Å². The molecule has 0 radical (unpaired) electrons. The number of nitrogens with one attached hydrogen (secondary N) is 2. The van der Waals surface area contributed by atoms with Crippen LogP contribution in [0.25, 0.3) is 0 Å². The van der Waals surface area contributed by atoms with Gasteiger partial charge in [-0.2, -0.15) is 5.10 Å². The van der Waals surface area contributed by atoms with Crippen LogP contribution in [-0.4, -0.2) is 40.5 Å². The molecule has 0 aliphatic rings. The maximum absolute atomic E-state index is 10.6. The summed E-state index contributed by atoms with van der Waals surface area (Å²) in [7, 11) is 1.83. The second-order valence-electron chi connectivity index (χ2n) is 7.11. The van der Waals surface area contributed by atoms with Gasteiger partial charge in [0.15, 0.2) is 5.96 Å². The van der Waals surface area contributed by atoms with Crippen molar-refractivity contribution in [1.29, 1.82) is 0 Å². The van der Waals surface area contributed by atoms with E-state index in [-0.39, 0.29) is 12.0 Å². The fraction of sp³-hybridized carbons (Fsp3) is 0.750. The molecule has 0 bridgehead atoms. The highest BCUT2D eigenvalue weighted by Crippen LogP contribution is 2.20. The van der Waals surface area contributed by atoms with Gasteiger partial charge < -0.3 is 15.7 Å². The van der Waals surface area contributed by atoms with Crippen molar-refractivity contribution in [3.63, 3.8) is 0 Å². The van der Waals surface area contributed by atoms with Crippen molar-refractivity contribution >= 4 is 5.96 Å². The third-order valence-electron chi connectivity index (χ3n) is 3.38. The molecule has 0 saturated heterocycles. The van der Waals surface area contributed by atoms with Crippen LogP contribution in [-0.2, 0) is 12.6 Å². The van der Waals surface area contributed by atoms with E-state index in [0.717, 1.165) is 31.0 Å². The zero-order valence-electron chi connectivity index (χ0n) is 14.8. The number of aromatic nitrogens is 2. The van der Waals surface area contributed by atoms with Gasteiger partial charge in [-0.15, -0.1) is 0 Å². The van der Waals surface area contributed by atoms with E-state index in [9.17, 15) is 5.11 Å². The number of hydrogen-bond acceptors (Lipinski definition) is 3. The molecular formula is C16H31N5O. The Morgan fingerprint density at radius 1 is 1.32 bits per heavy atom. The van der Waals surface area contributed by atoms with Crippen LogP contribution in [0.3, 0.4) is 0 Å². The van der Waals surface area contributed by atoms with Gasteiger partial charge >= 0.3 is 0 Å². The van der Waals surface area contributed by atoms with Crippen molar-refractivity contribution in [2.45, 2.75) is 46.6 Å². The Labute approximate surface area is 134 Å². The third-order valence-corrected chi connectivity index (χ3v) is 3.38. The zero-order chi connectivity index (χ0) is 16.8. The van der Waals surface area contributed by atoms with Crippen molar-refractivity contribution in [1.82, 2.24) is 20.4 Å². The molecule has 6 nitrogen and oxygen atoms in total. The van der Waals surface area contributed by atoms with E-state index in [1.54, 1.807) is 17.8 Å². The topological polar surface area (TPSA) is 74.5 Å². The molecule has 0 amide bonds. The molecule has 1 rings (SSSR count). The lowest BCUT2D eigenvalue weighted by Gasteiger charge is -2.22. The quantitative estimate of drug-likeness (QED) is 0.551. The molecule has 22 heavy (non-hydrogen) atoms. The van der Waals surface area contributed by atoms with E-state index in [4.69, 9.17) is 0 Å². The fourth-order valence-electron chi connectivity index (χ4n) is 1.92. The minimum Gasteiger partial charge on any atom is -0.383 e. The number of nitrogens with zero attached hydrogens (tertiary/aromatic N) is 3. The van der Waals surface area contributed by atoms with Crippen LogP contribution < -0.4 is 10.6 Å². The maximum Gasteiger partial charge on any atom is 0.191 e. The van der Waals surface area contributed by atoms with Gasteiger partial charge in [-0.3, -0.25) is 4.68 Å². The largest absolute Gasteiger partial charge is 0.383 e. The van der Waals surface area contributed by atoms with Gasteiger partial charge in [0, 0.05) is 31.9 Å². The maximum atomic E-state index is 10.6. The number of guanidine groups is 1. The first-order valence-corrected chi connectivity index (χ1v) is 7.88. The molecule has 0 spiro atoms. The molecule has 0 aliphatic carbocycles. The smallest absolute Gasteiger partial charge is 0.191 e. The number of aryl methyl sites for hydroxylation is 1. The highest BCUT2D eigenvalue weighted by atomic mass is 16.3. The Morgan fingerprint density at radius 2 is 2.00 bits per heavy atom. The molecule has 0 aliphatic heterocycles. The first-order valence-electron chi connectivity index (χ1n) is 7.88. The summed E-state index contributed by atoms with van der Waals surface area (Å²) in [5.74, 6) is 0.732. The molecule has 0 saturated carbocycles. The highest BCUT2D eigenvalue weighted by Gasteiger charge is 2.24. The number of rotatable bonds is 6. The Hall–Kier alpha value is -1.56. The van der Waals surface area contributed by atoms with Crippen LogP contribution in [0.15, 0.2) is 17.4 Å². The highest BCUT2D eigenvalue weighted by molar-refractivity contribution is 5.79. The van der Waals surface area contributed by atoms with Gasteiger partial charge in [-0.05, 0) is 25.7 Å². The van der Waals surface area contributed by atoms with Crippen LogP contribution in [0, 0.1) is 5.41 Å². The lowest BCUT2D eigenvalue weighted by atomic mass is 9.92. The lowest BCUT2D eigenvalue weighted by Crippen LogP contribution is -2.40. The molecule has 126 valence electrons. The predicted molar refractivity (Wildman–Crippen MR) is 90.8 cm³/mol. The van der Waals surface area contributed by atoms with Crippen molar-refractivity contribution in [2.75, 3.05) is 19.6 Å². The molecule has 1 unspecified atom stereocenters. The molecule has 3 N–H and O–H groups in total. The molecule has 1 heterocycles. The Balaban J connectivity index is 2.64. The minimum atomic E-state index is -1.03. The van der Waals surface area contributed by atoms with E-state index in [2.05, 4.69) is 41.5 Å². The average Bonchev–Trinajstić information content (AvgIpc) is 2.82. The van der Waals surface area contributed by atoms with Gasteiger partial charge in [0.25, 0.3) is 0 Å². The molecular weight excluding hydrogens is 278 g/mol. The number of aliphatic imine (C=N–C) groups is 1. The van der Waals surface area contributed by atoms with Gasteiger partial charge in [0.2, 0.25) is 0 Å². The van der Waals surface area contributed by atoms with Crippen molar-refractivity contribution in [2.24, 2.45) is 17.5 Å². The first-order chi connectivity index (χ1) is 10.1. The first kappa shape index (κ1) is 18.5. The summed E-state index contributed by atoms with van der Waals surface area (Å²) >= 11 is 0. The molecule has 0 fully saturated rings. The minimum absolute atomic E-state index is 0.281. The fourth-order valence-corrected chi connectivity index (χ4v) is 1.92.